The van der Waals surface area contributed by atoms with Crippen molar-refractivity contribution < 1.29 is 13.2 Å². The van der Waals surface area contributed by atoms with Crippen LogP contribution in [-0.2, 0) is 14.8 Å². The molecule has 22 heavy (non-hydrogen) atoms. The molecule has 2 unspecified atom stereocenters. The van der Waals surface area contributed by atoms with Gasteiger partial charge in [0.2, 0.25) is 10.0 Å². The lowest BCUT2D eigenvalue weighted by Gasteiger charge is -2.34. The largest absolute Gasteiger partial charge is 0.373 e. The summed E-state index contributed by atoms with van der Waals surface area (Å²) in [5, 5.41) is 1.98. The van der Waals surface area contributed by atoms with E-state index < -0.39 is 10.0 Å². The van der Waals surface area contributed by atoms with Gasteiger partial charge in [0, 0.05) is 13.1 Å². The summed E-state index contributed by atoms with van der Waals surface area (Å²) in [6, 6.07) is 13.1. The smallest absolute Gasteiger partial charge is 0.243 e. The quantitative estimate of drug-likeness (QED) is 0.843. The summed E-state index contributed by atoms with van der Waals surface area (Å²) >= 11 is 0. The van der Waals surface area contributed by atoms with E-state index in [-0.39, 0.29) is 24.6 Å². The van der Waals surface area contributed by atoms with Crippen molar-refractivity contribution in [2.45, 2.75) is 31.0 Å². The van der Waals surface area contributed by atoms with Crippen molar-refractivity contribution in [3.8, 4) is 0 Å². The fourth-order valence-electron chi connectivity index (χ4n) is 2.80. The lowest BCUT2D eigenvalue weighted by molar-refractivity contribution is -0.0440. The van der Waals surface area contributed by atoms with E-state index >= 15 is 0 Å². The Morgan fingerprint density at radius 1 is 1.00 bits per heavy atom. The molecule has 1 aliphatic heterocycles. The second-order valence-corrected chi connectivity index (χ2v) is 7.53. The van der Waals surface area contributed by atoms with Gasteiger partial charge in [-0.25, -0.2) is 8.42 Å². The van der Waals surface area contributed by atoms with Crippen LogP contribution >= 0.6 is 12.4 Å². The van der Waals surface area contributed by atoms with E-state index in [0.717, 1.165) is 10.8 Å². The summed E-state index contributed by atoms with van der Waals surface area (Å²) in [6.07, 6.45) is -0.159. The first-order valence-electron chi connectivity index (χ1n) is 7.11. The number of halogens is 1. The van der Waals surface area contributed by atoms with Crippen molar-refractivity contribution in [3.63, 3.8) is 0 Å². The molecule has 1 aliphatic rings. The van der Waals surface area contributed by atoms with Gasteiger partial charge < -0.3 is 4.74 Å². The molecule has 0 bridgehead atoms. The summed E-state index contributed by atoms with van der Waals surface area (Å²) in [6.45, 7) is 4.61. The zero-order valence-corrected chi connectivity index (χ0v) is 14.2. The Balaban J connectivity index is 0.00000176. The number of sulfonamides is 1. The summed E-state index contributed by atoms with van der Waals surface area (Å²) in [7, 11) is -3.47. The molecule has 0 radical (unpaired) electrons. The number of morpholine rings is 1. The highest BCUT2D eigenvalue weighted by Crippen LogP contribution is 2.24. The lowest BCUT2D eigenvalue weighted by Crippen LogP contribution is -2.48. The number of hydrogen-bond acceptors (Lipinski definition) is 3. The summed E-state index contributed by atoms with van der Waals surface area (Å²) in [4.78, 5) is 0.350. The Hall–Kier alpha value is -1.14. The van der Waals surface area contributed by atoms with E-state index in [9.17, 15) is 8.42 Å². The summed E-state index contributed by atoms with van der Waals surface area (Å²) < 4.78 is 32.7. The Morgan fingerprint density at radius 2 is 1.59 bits per heavy atom. The number of benzene rings is 2. The molecule has 2 atom stereocenters. The van der Waals surface area contributed by atoms with Gasteiger partial charge in [0.05, 0.1) is 17.1 Å². The molecular weight excluding hydrogens is 322 g/mol. The zero-order valence-electron chi connectivity index (χ0n) is 12.6. The van der Waals surface area contributed by atoms with Crippen molar-refractivity contribution in [1.82, 2.24) is 4.31 Å². The molecule has 0 aliphatic carbocycles. The van der Waals surface area contributed by atoms with Gasteiger partial charge in [0.15, 0.2) is 0 Å². The molecule has 1 fully saturated rings. The van der Waals surface area contributed by atoms with Gasteiger partial charge in [0.25, 0.3) is 0 Å². The second kappa shape index (κ2) is 6.54. The number of rotatable bonds is 2. The van der Waals surface area contributed by atoms with Gasteiger partial charge in [-0.15, -0.1) is 12.4 Å². The highest BCUT2D eigenvalue weighted by atomic mass is 35.5. The molecule has 0 spiro atoms. The predicted octanol–water partition coefficient (Wildman–Crippen LogP) is 3.06. The van der Waals surface area contributed by atoms with Crippen LogP contribution in [0.2, 0.25) is 0 Å². The van der Waals surface area contributed by atoms with Crippen LogP contribution in [0.1, 0.15) is 13.8 Å². The minimum absolute atomic E-state index is 0. The standard InChI is InChI=1S/C16H19NO3S.ClH/c1-12-10-17(11-13(2)20-12)21(18,19)16-8-7-14-5-3-4-6-15(14)9-16;/h3-9,12-13H,10-11H2,1-2H3;1H. The van der Waals surface area contributed by atoms with Crippen LogP contribution in [0.15, 0.2) is 47.4 Å². The fraction of sp³-hybridized carbons (Fsp3) is 0.375. The maximum absolute atomic E-state index is 12.8. The predicted molar refractivity (Wildman–Crippen MR) is 90.0 cm³/mol. The van der Waals surface area contributed by atoms with Gasteiger partial charge in [-0.3, -0.25) is 0 Å². The van der Waals surface area contributed by atoms with Crippen LogP contribution < -0.4 is 0 Å². The molecule has 1 saturated heterocycles. The topological polar surface area (TPSA) is 46.6 Å². The molecule has 0 saturated carbocycles. The average molecular weight is 342 g/mol. The summed E-state index contributed by atoms with van der Waals surface area (Å²) in [5.41, 5.74) is 0. The third kappa shape index (κ3) is 3.27. The van der Waals surface area contributed by atoms with E-state index in [1.165, 1.54) is 4.31 Å². The van der Waals surface area contributed by atoms with E-state index in [1.54, 1.807) is 12.1 Å². The molecule has 2 aromatic carbocycles. The monoisotopic (exact) mass is 341 g/mol. The van der Waals surface area contributed by atoms with Crippen LogP contribution in [0, 0.1) is 0 Å². The molecule has 4 nitrogen and oxygen atoms in total. The molecular formula is C16H20ClNO3S. The van der Waals surface area contributed by atoms with Crippen molar-refractivity contribution in [1.29, 1.82) is 0 Å². The van der Waals surface area contributed by atoms with Crippen molar-refractivity contribution >= 4 is 33.2 Å². The van der Waals surface area contributed by atoms with E-state index in [1.807, 2.05) is 44.2 Å². The highest BCUT2D eigenvalue weighted by Gasteiger charge is 2.32. The van der Waals surface area contributed by atoms with Crippen LogP contribution in [0.25, 0.3) is 10.8 Å². The molecule has 1 heterocycles. The SMILES string of the molecule is CC1CN(S(=O)(=O)c2ccc3ccccc3c2)CC(C)O1.Cl. The van der Waals surface area contributed by atoms with Crippen LogP contribution in [-0.4, -0.2) is 38.0 Å². The second-order valence-electron chi connectivity index (χ2n) is 5.59. The zero-order chi connectivity index (χ0) is 15.0. The molecule has 120 valence electrons. The van der Waals surface area contributed by atoms with Crippen LogP contribution in [0.3, 0.4) is 0 Å². The maximum Gasteiger partial charge on any atom is 0.243 e. The Bertz CT molecular complexity index is 753. The molecule has 0 N–H and O–H groups in total. The van der Waals surface area contributed by atoms with Crippen molar-refractivity contribution in [2.75, 3.05) is 13.1 Å². The van der Waals surface area contributed by atoms with Crippen molar-refractivity contribution in [2.24, 2.45) is 0 Å². The van der Waals surface area contributed by atoms with E-state index in [4.69, 9.17) is 4.74 Å². The third-order valence-corrected chi connectivity index (χ3v) is 5.57. The number of hydrogen-bond donors (Lipinski definition) is 0. The van der Waals surface area contributed by atoms with Gasteiger partial charge >= 0.3 is 0 Å². The first-order chi connectivity index (χ1) is 9.96. The Labute approximate surface area is 137 Å². The highest BCUT2D eigenvalue weighted by molar-refractivity contribution is 7.89. The molecule has 0 aromatic heterocycles. The average Bonchev–Trinajstić information content (AvgIpc) is 2.45. The molecule has 0 amide bonds. The minimum atomic E-state index is -3.47. The van der Waals surface area contributed by atoms with Crippen LogP contribution in [0.5, 0.6) is 0 Å². The lowest BCUT2D eigenvalue weighted by atomic mass is 10.1. The first-order valence-corrected chi connectivity index (χ1v) is 8.55. The van der Waals surface area contributed by atoms with Crippen molar-refractivity contribution in [3.05, 3.63) is 42.5 Å². The Kier molecular flexibility index (Phi) is 5.12. The molecule has 2 aromatic rings. The van der Waals surface area contributed by atoms with Gasteiger partial charge in [-0.1, -0.05) is 30.3 Å². The minimum Gasteiger partial charge on any atom is -0.373 e. The Morgan fingerprint density at radius 3 is 2.23 bits per heavy atom. The molecule has 3 rings (SSSR count). The number of ether oxygens (including phenoxy) is 1. The summed E-state index contributed by atoms with van der Waals surface area (Å²) in [5.74, 6) is 0. The van der Waals surface area contributed by atoms with Crippen LogP contribution in [0.4, 0.5) is 0 Å². The van der Waals surface area contributed by atoms with E-state index in [2.05, 4.69) is 0 Å². The first kappa shape index (κ1) is 17.2. The van der Waals surface area contributed by atoms with Gasteiger partial charge in [-0.2, -0.15) is 4.31 Å². The van der Waals surface area contributed by atoms with Gasteiger partial charge in [-0.05, 0) is 36.8 Å². The normalized spacial score (nSPS) is 23.2. The molecule has 6 heteroatoms. The fourth-order valence-corrected chi connectivity index (χ4v) is 4.43. The maximum atomic E-state index is 12.8. The number of fused-ring (bicyclic) bond motifs is 1. The van der Waals surface area contributed by atoms with E-state index in [0.29, 0.717) is 18.0 Å². The third-order valence-electron chi connectivity index (χ3n) is 3.74. The number of nitrogens with zero attached hydrogens (tertiary/aromatic N) is 1. The van der Waals surface area contributed by atoms with Gasteiger partial charge in [0.1, 0.15) is 0 Å².